The summed E-state index contributed by atoms with van der Waals surface area (Å²) >= 11 is 3.15. The van der Waals surface area contributed by atoms with Crippen LogP contribution in [0.2, 0.25) is 0 Å². The Morgan fingerprint density at radius 2 is 2.05 bits per heavy atom. The van der Waals surface area contributed by atoms with E-state index < -0.39 is 20.7 Å². The minimum Gasteiger partial charge on any atom is -0.399 e. The summed E-state index contributed by atoms with van der Waals surface area (Å²) < 4.78 is 40.5. The van der Waals surface area contributed by atoms with Crippen LogP contribution in [0.25, 0.3) is 0 Å². The van der Waals surface area contributed by atoms with Crippen LogP contribution in [0.1, 0.15) is 0 Å². The molecule has 0 spiro atoms. The van der Waals surface area contributed by atoms with Crippen molar-refractivity contribution >= 4 is 37.3 Å². The third-order valence-corrected chi connectivity index (χ3v) is 4.29. The van der Waals surface area contributed by atoms with Crippen LogP contribution in [0.15, 0.2) is 46.0 Å². The molecule has 0 aliphatic heterocycles. The Bertz CT molecular complexity index is 722. The lowest BCUT2D eigenvalue weighted by Gasteiger charge is -2.10. The van der Waals surface area contributed by atoms with Crippen molar-refractivity contribution in [3.8, 4) is 0 Å². The highest BCUT2D eigenvalue weighted by Crippen LogP contribution is 2.25. The summed E-state index contributed by atoms with van der Waals surface area (Å²) in [7, 11) is -4.02. The van der Waals surface area contributed by atoms with Crippen LogP contribution in [-0.2, 0) is 10.0 Å². The molecule has 0 unspecified atom stereocenters. The number of nitrogens with zero attached hydrogens (tertiary/aromatic N) is 1. The molecule has 2 rings (SSSR count). The maximum Gasteiger partial charge on any atom is 0.264 e. The van der Waals surface area contributed by atoms with Gasteiger partial charge >= 0.3 is 0 Å². The number of benzene rings is 1. The van der Waals surface area contributed by atoms with Gasteiger partial charge in [0.25, 0.3) is 10.0 Å². The van der Waals surface area contributed by atoms with Crippen molar-refractivity contribution in [2.75, 3.05) is 10.5 Å². The number of nitrogen functional groups attached to an aromatic ring is 1. The third kappa shape index (κ3) is 3.02. The highest BCUT2D eigenvalue weighted by atomic mass is 79.9. The summed E-state index contributed by atoms with van der Waals surface area (Å²) in [4.78, 5) is 3.34. The normalized spacial score (nSPS) is 11.3. The van der Waals surface area contributed by atoms with E-state index in [2.05, 4.69) is 25.6 Å². The molecule has 5 nitrogen and oxygen atoms in total. The monoisotopic (exact) mass is 345 g/mol. The van der Waals surface area contributed by atoms with E-state index in [4.69, 9.17) is 5.73 Å². The molecule has 1 aromatic heterocycles. The Labute approximate surface area is 117 Å². The number of anilines is 2. The molecule has 8 heteroatoms. The summed E-state index contributed by atoms with van der Waals surface area (Å²) in [5.41, 5.74) is 5.80. The number of rotatable bonds is 3. The second-order valence-electron chi connectivity index (χ2n) is 3.65. The number of aromatic nitrogens is 1. The molecule has 1 heterocycles. The Kier molecular flexibility index (Phi) is 3.72. The zero-order valence-electron chi connectivity index (χ0n) is 9.47. The zero-order chi connectivity index (χ0) is 14.0. The number of nitrogens with two attached hydrogens (primary N) is 1. The van der Waals surface area contributed by atoms with E-state index in [0.29, 0.717) is 4.47 Å². The van der Waals surface area contributed by atoms with Crippen LogP contribution < -0.4 is 10.5 Å². The van der Waals surface area contributed by atoms with E-state index in [9.17, 15) is 12.8 Å². The molecule has 1 aromatic carbocycles. The number of halogens is 2. The molecule has 0 fully saturated rings. The van der Waals surface area contributed by atoms with Crippen molar-refractivity contribution in [2.24, 2.45) is 0 Å². The van der Waals surface area contributed by atoms with Gasteiger partial charge in [0.1, 0.15) is 10.7 Å². The average Bonchev–Trinajstić information content (AvgIpc) is 2.31. The van der Waals surface area contributed by atoms with Crippen LogP contribution in [0.3, 0.4) is 0 Å². The molecule has 0 saturated heterocycles. The van der Waals surface area contributed by atoms with Gasteiger partial charge in [0.05, 0.1) is 10.2 Å². The van der Waals surface area contributed by atoms with Crippen molar-refractivity contribution in [3.63, 3.8) is 0 Å². The van der Waals surface area contributed by atoms with Crippen molar-refractivity contribution in [1.82, 2.24) is 4.98 Å². The van der Waals surface area contributed by atoms with E-state index in [1.54, 1.807) is 0 Å². The van der Waals surface area contributed by atoms with Crippen molar-refractivity contribution in [1.29, 1.82) is 0 Å². The lowest BCUT2D eigenvalue weighted by Crippen LogP contribution is -2.15. The summed E-state index contributed by atoms with van der Waals surface area (Å²) in [6.07, 6.45) is 2.85. The van der Waals surface area contributed by atoms with Gasteiger partial charge < -0.3 is 5.73 Å². The first kappa shape index (κ1) is 13.8. The molecular formula is C11H9BrFN3O2S. The Morgan fingerprint density at radius 1 is 1.32 bits per heavy atom. The number of hydrogen-bond donors (Lipinski definition) is 2. The van der Waals surface area contributed by atoms with Crippen LogP contribution in [-0.4, -0.2) is 13.4 Å². The number of nitrogens with one attached hydrogen (secondary N) is 1. The summed E-state index contributed by atoms with van der Waals surface area (Å²) in [5, 5.41) is 0. The van der Waals surface area contributed by atoms with Gasteiger partial charge in [0.15, 0.2) is 0 Å². The first-order chi connectivity index (χ1) is 8.90. The van der Waals surface area contributed by atoms with Crippen LogP contribution in [0.4, 0.5) is 15.8 Å². The van der Waals surface area contributed by atoms with Gasteiger partial charge in [-0.3, -0.25) is 9.71 Å². The molecule has 0 aliphatic carbocycles. The van der Waals surface area contributed by atoms with E-state index in [1.807, 2.05) is 0 Å². The SMILES string of the molecule is Nc1ccc(S(=O)(=O)Nc2ccncc2Br)c(F)c1. The predicted molar refractivity (Wildman–Crippen MR) is 73.6 cm³/mol. The molecule has 3 N–H and O–H groups in total. The zero-order valence-corrected chi connectivity index (χ0v) is 11.9. The summed E-state index contributed by atoms with van der Waals surface area (Å²) in [6.45, 7) is 0. The molecule has 0 radical (unpaired) electrons. The molecule has 0 saturated carbocycles. The highest BCUT2D eigenvalue weighted by molar-refractivity contribution is 9.10. The largest absolute Gasteiger partial charge is 0.399 e. The molecular weight excluding hydrogens is 337 g/mol. The van der Waals surface area contributed by atoms with Crippen LogP contribution >= 0.6 is 15.9 Å². The summed E-state index contributed by atoms with van der Waals surface area (Å²) in [6, 6.07) is 4.84. The lowest BCUT2D eigenvalue weighted by atomic mass is 10.3. The predicted octanol–water partition coefficient (Wildman–Crippen LogP) is 2.37. The maximum atomic E-state index is 13.6. The first-order valence-corrected chi connectivity index (χ1v) is 7.35. The van der Waals surface area contributed by atoms with Gasteiger partial charge in [-0.1, -0.05) is 0 Å². The average molecular weight is 346 g/mol. The van der Waals surface area contributed by atoms with E-state index in [0.717, 1.165) is 12.1 Å². The van der Waals surface area contributed by atoms with Gasteiger partial charge in [-0.05, 0) is 40.2 Å². The molecule has 0 aliphatic rings. The maximum absolute atomic E-state index is 13.6. The Balaban J connectivity index is 2.41. The molecule has 2 aromatic rings. The fourth-order valence-electron chi connectivity index (χ4n) is 1.39. The molecule has 0 bridgehead atoms. The van der Waals surface area contributed by atoms with Crippen molar-refractivity contribution in [3.05, 3.63) is 46.9 Å². The van der Waals surface area contributed by atoms with Gasteiger partial charge in [-0.25, -0.2) is 12.8 Å². The third-order valence-electron chi connectivity index (χ3n) is 2.26. The Morgan fingerprint density at radius 3 is 2.68 bits per heavy atom. The van der Waals surface area contributed by atoms with Gasteiger partial charge in [-0.15, -0.1) is 0 Å². The fourth-order valence-corrected chi connectivity index (χ4v) is 3.01. The number of hydrogen-bond acceptors (Lipinski definition) is 4. The second kappa shape index (κ2) is 5.14. The summed E-state index contributed by atoms with van der Waals surface area (Å²) in [5.74, 6) is -0.905. The fraction of sp³-hybridized carbons (Fsp3) is 0. The second-order valence-corrected chi connectivity index (χ2v) is 6.16. The van der Waals surface area contributed by atoms with Crippen LogP contribution in [0, 0.1) is 5.82 Å². The molecule has 19 heavy (non-hydrogen) atoms. The number of sulfonamides is 1. The van der Waals surface area contributed by atoms with Gasteiger partial charge in [0.2, 0.25) is 0 Å². The quantitative estimate of drug-likeness (QED) is 0.836. The minimum atomic E-state index is -4.02. The van der Waals surface area contributed by atoms with E-state index >= 15 is 0 Å². The van der Waals surface area contributed by atoms with Gasteiger partial charge in [0, 0.05) is 18.1 Å². The van der Waals surface area contributed by atoms with E-state index in [1.165, 1.54) is 24.5 Å². The van der Waals surface area contributed by atoms with Crippen molar-refractivity contribution in [2.45, 2.75) is 4.90 Å². The number of pyridine rings is 1. The van der Waals surface area contributed by atoms with E-state index in [-0.39, 0.29) is 11.4 Å². The molecule has 100 valence electrons. The topological polar surface area (TPSA) is 85.1 Å². The smallest absolute Gasteiger partial charge is 0.264 e. The highest BCUT2D eigenvalue weighted by Gasteiger charge is 2.20. The van der Waals surface area contributed by atoms with Gasteiger partial charge in [-0.2, -0.15) is 0 Å². The molecule has 0 amide bonds. The first-order valence-electron chi connectivity index (χ1n) is 5.07. The standard InChI is InChI=1S/C11H9BrFN3O2S/c12-8-6-15-4-3-10(8)16-19(17,18)11-2-1-7(14)5-9(11)13/h1-6H,14H2,(H,15,16). The van der Waals surface area contributed by atoms with Crippen LogP contribution in [0.5, 0.6) is 0 Å². The molecule has 0 atom stereocenters. The minimum absolute atomic E-state index is 0.154. The van der Waals surface area contributed by atoms with Crippen molar-refractivity contribution < 1.29 is 12.8 Å². The lowest BCUT2D eigenvalue weighted by molar-refractivity contribution is 0.571. The Hall–Kier alpha value is -1.67.